The lowest BCUT2D eigenvalue weighted by atomic mass is 9.96. The molecule has 1 fully saturated rings. The zero-order valence-corrected chi connectivity index (χ0v) is 14.5. The first-order valence-electron chi connectivity index (χ1n) is 8.29. The molecule has 2 N–H and O–H groups in total. The number of hydrogen-bond donors (Lipinski definition) is 2. The third-order valence-corrected chi connectivity index (χ3v) is 4.47. The summed E-state index contributed by atoms with van der Waals surface area (Å²) < 4.78 is 1.83. The molecule has 1 aromatic heterocycles. The molecule has 1 unspecified atom stereocenters. The Morgan fingerprint density at radius 3 is 2.92 bits per heavy atom. The van der Waals surface area contributed by atoms with Crippen molar-refractivity contribution >= 4 is 29.2 Å². The largest absolute Gasteiger partial charge is 0.355 e. The SMILES string of the molecule is Cl.O=C(Cn1ccc(=O)c2ccccc21)NCCC1CCCNC1. The number of hydrogen-bond acceptors (Lipinski definition) is 3. The molecular weight excluding hydrogens is 326 g/mol. The van der Waals surface area contributed by atoms with Crippen molar-refractivity contribution in [3.05, 3.63) is 46.8 Å². The van der Waals surface area contributed by atoms with Crippen molar-refractivity contribution in [3.63, 3.8) is 0 Å². The number of carbonyl (C=O) groups excluding carboxylic acids is 1. The minimum atomic E-state index is -0.0120. The van der Waals surface area contributed by atoms with Crippen LogP contribution in [0.25, 0.3) is 10.9 Å². The smallest absolute Gasteiger partial charge is 0.239 e. The Morgan fingerprint density at radius 1 is 1.29 bits per heavy atom. The van der Waals surface area contributed by atoms with Gasteiger partial charge in [0, 0.05) is 24.2 Å². The number of pyridine rings is 1. The molecule has 5 nitrogen and oxygen atoms in total. The minimum Gasteiger partial charge on any atom is -0.355 e. The topological polar surface area (TPSA) is 63.1 Å². The fourth-order valence-electron chi connectivity index (χ4n) is 3.19. The van der Waals surface area contributed by atoms with Gasteiger partial charge in [0.1, 0.15) is 6.54 Å². The quantitative estimate of drug-likeness (QED) is 0.867. The van der Waals surface area contributed by atoms with Gasteiger partial charge in [-0.1, -0.05) is 12.1 Å². The molecule has 1 aliphatic heterocycles. The van der Waals surface area contributed by atoms with Crippen LogP contribution >= 0.6 is 12.4 Å². The predicted octanol–water partition coefficient (Wildman–Crippen LogP) is 1.93. The monoisotopic (exact) mass is 349 g/mol. The molecule has 0 bridgehead atoms. The van der Waals surface area contributed by atoms with Gasteiger partial charge in [-0.05, 0) is 50.4 Å². The molecule has 1 aromatic carbocycles. The van der Waals surface area contributed by atoms with E-state index in [0.717, 1.165) is 25.0 Å². The molecule has 130 valence electrons. The fraction of sp³-hybridized carbons (Fsp3) is 0.444. The number of carbonyl (C=O) groups is 1. The molecule has 1 atom stereocenters. The van der Waals surface area contributed by atoms with Gasteiger partial charge in [-0.15, -0.1) is 12.4 Å². The highest BCUT2D eigenvalue weighted by molar-refractivity contribution is 5.85. The number of piperidine rings is 1. The number of amides is 1. The van der Waals surface area contributed by atoms with Crippen molar-refractivity contribution in [3.8, 4) is 0 Å². The van der Waals surface area contributed by atoms with Gasteiger partial charge in [0.2, 0.25) is 5.91 Å². The Morgan fingerprint density at radius 2 is 2.12 bits per heavy atom. The Balaban J connectivity index is 0.00000208. The van der Waals surface area contributed by atoms with Gasteiger partial charge in [-0.2, -0.15) is 0 Å². The molecule has 1 aliphatic rings. The van der Waals surface area contributed by atoms with Gasteiger partial charge >= 0.3 is 0 Å². The lowest BCUT2D eigenvalue weighted by Crippen LogP contribution is -2.34. The molecule has 0 spiro atoms. The van der Waals surface area contributed by atoms with Crippen molar-refractivity contribution in [1.29, 1.82) is 0 Å². The van der Waals surface area contributed by atoms with E-state index in [0.29, 0.717) is 17.8 Å². The maximum Gasteiger partial charge on any atom is 0.239 e. The fourth-order valence-corrected chi connectivity index (χ4v) is 3.19. The Kier molecular flexibility index (Phi) is 6.82. The Labute approximate surface area is 147 Å². The number of nitrogens with zero attached hydrogens (tertiary/aromatic N) is 1. The van der Waals surface area contributed by atoms with Crippen molar-refractivity contribution < 1.29 is 4.79 Å². The maximum atomic E-state index is 12.2. The van der Waals surface area contributed by atoms with E-state index in [4.69, 9.17) is 0 Å². The first-order valence-corrected chi connectivity index (χ1v) is 8.29. The molecular formula is C18H24ClN3O2. The number of para-hydroxylation sites is 1. The van der Waals surface area contributed by atoms with Gasteiger partial charge in [0.05, 0.1) is 5.52 Å². The number of halogens is 1. The summed E-state index contributed by atoms with van der Waals surface area (Å²) in [6.45, 7) is 3.12. The number of nitrogens with one attached hydrogen (secondary N) is 2. The van der Waals surface area contributed by atoms with Gasteiger partial charge < -0.3 is 15.2 Å². The van der Waals surface area contributed by atoms with Crippen LogP contribution in [0.2, 0.25) is 0 Å². The summed E-state index contributed by atoms with van der Waals surface area (Å²) in [5.74, 6) is 0.653. The highest BCUT2D eigenvalue weighted by Gasteiger charge is 2.13. The summed E-state index contributed by atoms with van der Waals surface area (Å²) >= 11 is 0. The van der Waals surface area contributed by atoms with Crippen LogP contribution in [0.4, 0.5) is 0 Å². The van der Waals surface area contributed by atoms with Crippen molar-refractivity contribution in [2.24, 2.45) is 5.92 Å². The van der Waals surface area contributed by atoms with Crippen LogP contribution in [0, 0.1) is 5.92 Å². The first kappa shape index (κ1) is 18.5. The molecule has 24 heavy (non-hydrogen) atoms. The van der Waals surface area contributed by atoms with Crippen molar-refractivity contribution in [2.45, 2.75) is 25.8 Å². The van der Waals surface area contributed by atoms with E-state index in [1.807, 2.05) is 22.8 Å². The van der Waals surface area contributed by atoms with Gasteiger partial charge in [-0.3, -0.25) is 9.59 Å². The zero-order chi connectivity index (χ0) is 16.1. The lowest BCUT2D eigenvalue weighted by molar-refractivity contribution is -0.121. The molecule has 1 amide bonds. The summed E-state index contributed by atoms with van der Waals surface area (Å²) in [5.41, 5.74) is 0.786. The Bertz CT molecular complexity index is 738. The Hall–Kier alpha value is -1.85. The average Bonchev–Trinajstić information content (AvgIpc) is 2.59. The van der Waals surface area contributed by atoms with Crippen LogP contribution < -0.4 is 16.1 Å². The summed E-state index contributed by atoms with van der Waals surface area (Å²) in [6, 6.07) is 8.90. The van der Waals surface area contributed by atoms with Gasteiger partial charge in [0.25, 0.3) is 0 Å². The standard InChI is InChI=1S/C18H23N3O2.ClH/c22-17-8-11-21(16-6-2-1-5-15(16)17)13-18(23)20-10-7-14-4-3-9-19-12-14;/h1-2,5-6,8,11,14,19H,3-4,7,9-10,12-13H2,(H,20,23);1H. The predicted molar refractivity (Wildman–Crippen MR) is 98.7 cm³/mol. The van der Waals surface area contributed by atoms with Crippen molar-refractivity contribution in [1.82, 2.24) is 15.2 Å². The number of rotatable bonds is 5. The van der Waals surface area contributed by atoms with E-state index in [1.54, 1.807) is 12.3 Å². The average molecular weight is 350 g/mol. The van der Waals surface area contributed by atoms with Crippen LogP contribution in [-0.4, -0.2) is 30.1 Å². The van der Waals surface area contributed by atoms with Crippen LogP contribution in [0.15, 0.2) is 41.3 Å². The van der Waals surface area contributed by atoms with Gasteiger partial charge in [-0.25, -0.2) is 0 Å². The number of aromatic nitrogens is 1. The molecule has 0 aliphatic carbocycles. The third kappa shape index (κ3) is 4.58. The summed E-state index contributed by atoms with van der Waals surface area (Å²) in [4.78, 5) is 24.0. The van der Waals surface area contributed by atoms with E-state index in [2.05, 4.69) is 10.6 Å². The second kappa shape index (κ2) is 8.85. The highest BCUT2D eigenvalue weighted by atomic mass is 35.5. The third-order valence-electron chi connectivity index (χ3n) is 4.47. The normalized spacial score (nSPS) is 17.2. The van der Waals surface area contributed by atoms with Crippen LogP contribution in [0.1, 0.15) is 19.3 Å². The van der Waals surface area contributed by atoms with E-state index in [9.17, 15) is 9.59 Å². The van der Waals surface area contributed by atoms with Crippen LogP contribution in [0.3, 0.4) is 0 Å². The highest BCUT2D eigenvalue weighted by Crippen LogP contribution is 2.13. The van der Waals surface area contributed by atoms with E-state index < -0.39 is 0 Å². The van der Waals surface area contributed by atoms with E-state index >= 15 is 0 Å². The lowest BCUT2D eigenvalue weighted by Gasteiger charge is -2.22. The first-order chi connectivity index (χ1) is 11.2. The summed E-state index contributed by atoms with van der Waals surface area (Å²) in [6.07, 6.45) is 5.17. The number of fused-ring (bicyclic) bond motifs is 1. The second-order valence-electron chi connectivity index (χ2n) is 6.18. The maximum absolute atomic E-state index is 12.2. The van der Waals surface area contributed by atoms with Crippen LogP contribution in [-0.2, 0) is 11.3 Å². The second-order valence-corrected chi connectivity index (χ2v) is 6.18. The van der Waals surface area contributed by atoms with Crippen molar-refractivity contribution in [2.75, 3.05) is 19.6 Å². The summed E-state index contributed by atoms with van der Waals surface area (Å²) in [7, 11) is 0. The molecule has 2 aromatic rings. The molecule has 0 radical (unpaired) electrons. The summed E-state index contributed by atoms with van der Waals surface area (Å²) in [5, 5.41) is 7.03. The number of benzene rings is 1. The zero-order valence-electron chi connectivity index (χ0n) is 13.7. The molecule has 1 saturated heterocycles. The molecule has 0 saturated carbocycles. The van der Waals surface area contributed by atoms with Crippen LogP contribution in [0.5, 0.6) is 0 Å². The molecule has 2 heterocycles. The van der Waals surface area contributed by atoms with Gasteiger partial charge in [0.15, 0.2) is 5.43 Å². The minimum absolute atomic E-state index is 0. The molecule has 6 heteroatoms. The van der Waals surface area contributed by atoms with E-state index in [1.165, 1.54) is 18.9 Å². The van der Waals surface area contributed by atoms with E-state index in [-0.39, 0.29) is 30.3 Å². The molecule has 3 rings (SSSR count).